The summed E-state index contributed by atoms with van der Waals surface area (Å²) in [7, 11) is 1.69. The Hall–Kier alpha value is -2.04. The number of hydrogen-bond acceptors (Lipinski definition) is 4. The summed E-state index contributed by atoms with van der Waals surface area (Å²) in [5.74, 6) is 1.60. The summed E-state index contributed by atoms with van der Waals surface area (Å²) < 4.78 is 11.3. The molecule has 0 aliphatic carbocycles. The predicted octanol–water partition coefficient (Wildman–Crippen LogP) is 3.48. The van der Waals surface area contributed by atoms with E-state index in [1.54, 1.807) is 7.11 Å². The molecule has 3 rings (SSSR count). The summed E-state index contributed by atoms with van der Waals surface area (Å²) in [5, 5.41) is 3.50. The van der Waals surface area contributed by atoms with Crippen LogP contribution in [0.5, 0.6) is 11.5 Å². The summed E-state index contributed by atoms with van der Waals surface area (Å²) in [5.41, 5.74) is 2.56. The van der Waals surface area contributed by atoms with E-state index in [4.69, 9.17) is 9.47 Å². The lowest BCUT2D eigenvalue weighted by Gasteiger charge is -2.31. The van der Waals surface area contributed by atoms with Gasteiger partial charge in [0.25, 0.3) is 0 Å². The summed E-state index contributed by atoms with van der Waals surface area (Å²) in [4.78, 5) is 2.56. The molecule has 0 spiro atoms. The summed E-state index contributed by atoms with van der Waals surface area (Å²) in [6.45, 7) is 6.87. The highest BCUT2D eigenvalue weighted by molar-refractivity contribution is 5.46. The molecule has 0 amide bonds. The highest BCUT2D eigenvalue weighted by Gasteiger charge is 2.24. The minimum absolute atomic E-state index is 0.228. The normalized spacial score (nSPS) is 16.9. The van der Waals surface area contributed by atoms with Gasteiger partial charge in [0.05, 0.1) is 19.8 Å². The van der Waals surface area contributed by atoms with Gasteiger partial charge in [-0.2, -0.15) is 0 Å². The van der Waals surface area contributed by atoms with Crippen LogP contribution in [0.3, 0.4) is 0 Å². The molecule has 1 saturated heterocycles. The highest BCUT2D eigenvalue weighted by atomic mass is 16.5. The third-order valence-corrected chi connectivity index (χ3v) is 4.66. The standard InChI is InChI=1S/C21H28N2O2/c1-3-25-20-16-18(10-11-19(20)24-2)21(17-8-5-4-6-9-17)23-14-7-12-22-13-15-23/h4-6,8-11,16,21-22H,3,7,12-15H2,1-2H3. The first-order valence-corrected chi connectivity index (χ1v) is 9.14. The molecule has 0 saturated carbocycles. The minimum Gasteiger partial charge on any atom is -0.493 e. The van der Waals surface area contributed by atoms with Crippen LogP contribution in [-0.2, 0) is 0 Å². The third kappa shape index (κ3) is 4.33. The van der Waals surface area contributed by atoms with Gasteiger partial charge < -0.3 is 14.8 Å². The number of nitrogens with zero attached hydrogens (tertiary/aromatic N) is 1. The smallest absolute Gasteiger partial charge is 0.161 e. The Balaban J connectivity index is 2.00. The van der Waals surface area contributed by atoms with Crippen molar-refractivity contribution in [1.29, 1.82) is 0 Å². The van der Waals surface area contributed by atoms with Crippen molar-refractivity contribution >= 4 is 0 Å². The molecule has 134 valence electrons. The Morgan fingerprint density at radius 1 is 1.00 bits per heavy atom. The van der Waals surface area contributed by atoms with Crippen LogP contribution in [0.1, 0.15) is 30.5 Å². The van der Waals surface area contributed by atoms with Crippen LogP contribution in [-0.4, -0.2) is 44.8 Å². The van der Waals surface area contributed by atoms with Crippen molar-refractivity contribution in [3.8, 4) is 11.5 Å². The van der Waals surface area contributed by atoms with Crippen LogP contribution in [0, 0.1) is 0 Å². The van der Waals surface area contributed by atoms with Gasteiger partial charge in [0.1, 0.15) is 0 Å². The van der Waals surface area contributed by atoms with E-state index in [2.05, 4.69) is 52.7 Å². The molecule has 0 aromatic heterocycles. The molecule has 1 unspecified atom stereocenters. The number of hydrogen-bond donors (Lipinski definition) is 1. The average molecular weight is 340 g/mol. The molecule has 0 radical (unpaired) electrons. The fraction of sp³-hybridized carbons (Fsp3) is 0.429. The van der Waals surface area contributed by atoms with Gasteiger partial charge in [0, 0.05) is 19.6 Å². The first-order chi connectivity index (χ1) is 12.3. The van der Waals surface area contributed by atoms with Gasteiger partial charge >= 0.3 is 0 Å². The fourth-order valence-corrected chi connectivity index (χ4v) is 3.51. The Kier molecular flexibility index (Phi) is 6.31. The van der Waals surface area contributed by atoms with Gasteiger partial charge in [-0.3, -0.25) is 4.90 Å². The lowest BCUT2D eigenvalue weighted by atomic mass is 9.96. The molecule has 1 fully saturated rings. The molecular formula is C21H28N2O2. The second-order valence-electron chi connectivity index (χ2n) is 6.30. The van der Waals surface area contributed by atoms with Crippen LogP contribution in [0.15, 0.2) is 48.5 Å². The largest absolute Gasteiger partial charge is 0.493 e. The van der Waals surface area contributed by atoms with Gasteiger partial charge in [0.2, 0.25) is 0 Å². The van der Waals surface area contributed by atoms with E-state index in [9.17, 15) is 0 Å². The van der Waals surface area contributed by atoms with Crippen molar-refractivity contribution in [3.63, 3.8) is 0 Å². The van der Waals surface area contributed by atoms with Crippen molar-refractivity contribution in [2.45, 2.75) is 19.4 Å². The van der Waals surface area contributed by atoms with E-state index >= 15 is 0 Å². The highest BCUT2D eigenvalue weighted by Crippen LogP contribution is 2.35. The SMILES string of the molecule is CCOc1cc(C(c2ccccc2)N2CCCNCC2)ccc1OC. The Morgan fingerprint density at radius 2 is 1.84 bits per heavy atom. The zero-order chi connectivity index (χ0) is 17.5. The Labute approximate surface area is 150 Å². The Morgan fingerprint density at radius 3 is 2.60 bits per heavy atom. The van der Waals surface area contributed by atoms with Crippen molar-refractivity contribution in [2.75, 3.05) is 39.9 Å². The molecule has 4 heteroatoms. The second-order valence-corrected chi connectivity index (χ2v) is 6.30. The van der Waals surface area contributed by atoms with Crippen LogP contribution in [0.4, 0.5) is 0 Å². The molecule has 1 atom stereocenters. The van der Waals surface area contributed by atoms with E-state index < -0.39 is 0 Å². The first kappa shape index (κ1) is 17.8. The molecule has 2 aromatic carbocycles. The molecule has 1 aliphatic heterocycles. The van der Waals surface area contributed by atoms with E-state index in [0.717, 1.165) is 44.1 Å². The summed E-state index contributed by atoms with van der Waals surface area (Å²) in [6.07, 6.45) is 1.16. The quantitative estimate of drug-likeness (QED) is 0.873. The molecule has 1 heterocycles. The number of benzene rings is 2. The maximum absolute atomic E-state index is 5.81. The van der Waals surface area contributed by atoms with Gasteiger partial charge in [-0.15, -0.1) is 0 Å². The van der Waals surface area contributed by atoms with E-state index in [1.165, 1.54) is 11.1 Å². The van der Waals surface area contributed by atoms with Gasteiger partial charge in [0.15, 0.2) is 11.5 Å². The number of methoxy groups -OCH3 is 1. The maximum atomic E-state index is 5.81. The van der Waals surface area contributed by atoms with Gasteiger partial charge in [-0.25, -0.2) is 0 Å². The first-order valence-electron chi connectivity index (χ1n) is 9.14. The molecular weight excluding hydrogens is 312 g/mol. The van der Waals surface area contributed by atoms with Crippen molar-refractivity contribution in [1.82, 2.24) is 10.2 Å². The number of nitrogens with one attached hydrogen (secondary N) is 1. The summed E-state index contributed by atoms with van der Waals surface area (Å²) >= 11 is 0. The van der Waals surface area contributed by atoms with Crippen LogP contribution < -0.4 is 14.8 Å². The van der Waals surface area contributed by atoms with Gasteiger partial charge in [-0.1, -0.05) is 36.4 Å². The monoisotopic (exact) mass is 340 g/mol. The molecule has 1 aliphatic rings. The lowest BCUT2D eigenvalue weighted by molar-refractivity contribution is 0.240. The predicted molar refractivity (Wildman–Crippen MR) is 102 cm³/mol. The van der Waals surface area contributed by atoms with Crippen molar-refractivity contribution in [2.24, 2.45) is 0 Å². The molecule has 1 N–H and O–H groups in total. The fourth-order valence-electron chi connectivity index (χ4n) is 3.51. The zero-order valence-electron chi connectivity index (χ0n) is 15.2. The zero-order valence-corrected chi connectivity index (χ0v) is 15.2. The second kappa shape index (κ2) is 8.88. The van der Waals surface area contributed by atoms with Crippen molar-refractivity contribution < 1.29 is 9.47 Å². The van der Waals surface area contributed by atoms with Crippen molar-refractivity contribution in [3.05, 3.63) is 59.7 Å². The number of rotatable bonds is 6. The van der Waals surface area contributed by atoms with E-state index in [-0.39, 0.29) is 6.04 Å². The van der Waals surface area contributed by atoms with E-state index in [0.29, 0.717) is 6.61 Å². The van der Waals surface area contributed by atoms with Crippen LogP contribution in [0.2, 0.25) is 0 Å². The molecule has 25 heavy (non-hydrogen) atoms. The maximum Gasteiger partial charge on any atom is 0.161 e. The van der Waals surface area contributed by atoms with Gasteiger partial charge in [-0.05, 0) is 43.1 Å². The van der Waals surface area contributed by atoms with Crippen LogP contribution >= 0.6 is 0 Å². The summed E-state index contributed by atoms with van der Waals surface area (Å²) in [6, 6.07) is 17.3. The number of ether oxygens (including phenoxy) is 2. The molecule has 4 nitrogen and oxygen atoms in total. The van der Waals surface area contributed by atoms with E-state index in [1.807, 2.05) is 13.0 Å². The third-order valence-electron chi connectivity index (χ3n) is 4.66. The van der Waals surface area contributed by atoms with Crippen LogP contribution in [0.25, 0.3) is 0 Å². The minimum atomic E-state index is 0.228. The topological polar surface area (TPSA) is 33.7 Å². The molecule has 0 bridgehead atoms. The Bertz CT molecular complexity index is 652. The molecule has 2 aromatic rings. The lowest BCUT2D eigenvalue weighted by Crippen LogP contribution is -2.33. The average Bonchev–Trinajstić information content (AvgIpc) is 2.93.